The standard InChI is InChI=1S/C18H17FN2OS/c1-3-21-17(22)15-6-4-5-7-16(15)20-18(21)23-12(2)13-8-10-14(19)11-9-13/h4-12H,3H2,1-2H3/t12-/m1/s1. The SMILES string of the molecule is CCn1c(S[C@H](C)c2ccc(F)cc2)nc2ccccc2c1=O. The second kappa shape index (κ2) is 6.54. The molecule has 0 spiro atoms. The van der Waals surface area contributed by atoms with E-state index in [0.717, 1.165) is 5.56 Å². The molecule has 5 heteroatoms. The summed E-state index contributed by atoms with van der Waals surface area (Å²) in [6, 6.07) is 13.8. The average Bonchev–Trinajstić information content (AvgIpc) is 2.56. The lowest BCUT2D eigenvalue weighted by Gasteiger charge is -2.15. The number of hydrogen-bond acceptors (Lipinski definition) is 3. The third kappa shape index (κ3) is 3.15. The molecule has 0 saturated heterocycles. The van der Waals surface area contributed by atoms with Crippen LogP contribution in [-0.4, -0.2) is 9.55 Å². The van der Waals surface area contributed by atoms with Crippen molar-refractivity contribution in [1.82, 2.24) is 9.55 Å². The van der Waals surface area contributed by atoms with Gasteiger partial charge >= 0.3 is 0 Å². The highest BCUT2D eigenvalue weighted by Crippen LogP contribution is 2.33. The number of halogens is 1. The van der Waals surface area contributed by atoms with Crippen LogP contribution in [0.4, 0.5) is 4.39 Å². The lowest BCUT2D eigenvalue weighted by atomic mass is 10.2. The molecule has 0 unspecified atom stereocenters. The number of nitrogens with zero attached hydrogens (tertiary/aromatic N) is 2. The van der Waals surface area contributed by atoms with Crippen molar-refractivity contribution in [2.24, 2.45) is 0 Å². The highest BCUT2D eigenvalue weighted by Gasteiger charge is 2.14. The second-order valence-corrected chi connectivity index (χ2v) is 6.58. The van der Waals surface area contributed by atoms with Gasteiger partial charge in [0.1, 0.15) is 5.82 Å². The Labute approximate surface area is 138 Å². The van der Waals surface area contributed by atoms with Crippen molar-refractivity contribution in [3.63, 3.8) is 0 Å². The molecule has 0 aliphatic carbocycles. The number of hydrogen-bond donors (Lipinski definition) is 0. The summed E-state index contributed by atoms with van der Waals surface area (Å²) in [4.78, 5) is 17.2. The van der Waals surface area contributed by atoms with Crippen LogP contribution in [0.5, 0.6) is 0 Å². The first-order chi connectivity index (χ1) is 11.1. The number of thioether (sulfide) groups is 1. The van der Waals surface area contributed by atoms with Crippen molar-refractivity contribution in [3.8, 4) is 0 Å². The van der Waals surface area contributed by atoms with E-state index in [4.69, 9.17) is 0 Å². The third-order valence-electron chi connectivity index (χ3n) is 3.76. The molecule has 0 fully saturated rings. The molecular weight excluding hydrogens is 311 g/mol. The van der Waals surface area contributed by atoms with Gasteiger partial charge < -0.3 is 0 Å². The fraction of sp³-hybridized carbons (Fsp3) is 0.222. The van der Waals surface area contributed by atoms with E-state index in [1.165, 1.54) is 23.9 Å². The number of aromatic nitrogens is 2. The van der Waals surface area contributed by atoms with Crippen LogP contribution < -0.4 is 5.56 Å². The fourth-order valence-corrected chi connectivity index (χ4v) is 3.58. The Hall–Kier alpha value is -2.14. The van der Waals surface area contributed by atoms with Crippen LogP contribution in [0.2, 0.25) is 0 Å². The van der Waals surface area contributed by atoms with Gasteiger partial charge in [0.2, 0.25) is 0 Å². The van der Waals surface area contributed by atoms with E-state index in [2.05, 4.69) is 4.98 Å². The molecule has 118 valence electrons. The molecule has 0 aliphatic rings. The zero-order chi connectivity index (χ0) is 16.4. The van der Waals surface area contributed by atoms with E-state index in [1.807, 2.05) is 32.0 Å². The quantitative estimate of drug-likeness (QED) is 0.526. The molecule has 1 aromatic heterocycles. The average molecular weight is 328 g/mol. The monoisotopic (exact) mass is 328 g/mol. The molecule has 1 heterocycles. The van der Waals surface area contributed by atoms with Crippen molar-refractivity contribution in [2.75, 3.05) is 0 Å². The van der Waals surface area contributed by atoms with Crippen LogP contribution in [0, 0.1) is 5.82 Å². The van der Waals surface area contributed by atoms with Gasteiger partial charge in [-0.15, -0.1) is 0 Å². The van der Waals surface area contributed by atoms with Gasteiger partial charge in [-0.25, -0.2) is 9.37 Å². The van der Waals surface area contributed by atoms with E-state index in [0.29, 0.717) is 22.6 Å². The van der Waals surface area contributed by atoms with Crippen LogP contribution in [0.3, 0.4) is 0 Å². The Kier molecular flexibility index (Phi) is 4.48. The Morgan fingerprint density at radius 2 is 1.87 bits per heavy atom. The molecule has 3 nitrogen and oxygen atoms in total. The number of para-hydroxylation sites is 1. The van der Waals surface area contributed by atoms with E-state index < -0.39 is 0 Å². The Balaban J connectivity index is 2.02. The molecule has 1 atom stereocenters. The van der Waals surface area contributed by atoms with Gasteiger partial charge in [-0.05, 0) is 43.7 Å². The zero-order valence-corrected chi connectivity index (χ0v) is 13.8. The molecule has 0 radical (unpaired) electrons. The Morgan fingerprint density at radius 1 is 1.17 bits per heavy atom. The minimum Gasteiger partial charge on any atom is -0.287 e. The maximum Gasteiger partial charge on any atom is 0.262 e. The molecule has 23 heavy (non-hydrogen) atoms. The minimum atomic E-state index is -0.250. The van der Waals surface area contributed by atoms with Crippen LogP contribution in [0.15, 0.2) is 58.5 Å². The summed E-state index contributed by atoms with van der Waals surface area (Å²) in [7, 11) is 0. The van der Waals surface area contributed by atoms with E-state index in [9.17, 15) is 9.18 Å². The second-order valence-electron chi connectivity index (χ2n) is 5.27. The molecule has 3 rings (SSSR count). The molecule has 0 aliphatic heterocycles. The summed E-state index contributed by atoms with van der Waals surface area (Å²) in [5.74, 6) is -0.250. The smallest absolute Gasteiger partial charge is 0.262 e. The maximum atomic E-state index is 13.1. The van der Waals surface area contributed by atoms with Gasteiger partial charge in [0.25, 0.3) is 5.56 Å². The Morgan fingerprint density at radius 3 is 2.57 bits per heavy atom. The summed E-state index contributed by atoms with van der Waals surface area (Å²) in [6.45, 7) is 4.53. The summed E-state index contributed by atoms with van der Waals surface area (Å²) in [5, 5.41) is 1.39. The lowest BCUT2D eigenvalue weighted by Crippen LogP contribution is -2.22. The van der Waals surface area contributed by atoms with Crippen molar-refractivity contribution in [1.29, 1.82) is 0 Å². The van der Waals surface area contributed by atoms with Crippen LogP contribution >= 0.6 is 11.8 Å². The van der Waals surface area contributed by atoms with E-state index >= 15 is 0 Å². The van der Waals surface area contributed by atoms with Gasteiger partial charge in [-0.1, -0.05) is 36.0 Å². The van der Waals surface area contributed by atoms with Crippen LogP contribution in [0.25, 0.3) is 10.9 Å². The van der Waals surface area contributed by atoms with Crippen molar-refractivity contribution >= 4 is 22.7 Å². The molecule has 0 bridgehead atoms. The lowest BCUT2D eigenvalue weighted by molar-refractivity contribution is 0.626. The summed E-state index contributed by atoms with van der Waals surface area (Å²) < 4.78 is 14.7. The first kappa shape index (κ1) is 15.7. The van der Waals surface area contributed by atoms with E-state index in [1.54, 1.807) is 22.8 Å². The summed E-state index contributed by atoms with van der Waals surface area (Å²) >= 11 is 1.51. The molecule has 0 amide bonds. The highest BCUT2D eigenvalue weighted by atomic mass is 32.2. The molecule has 0 saturated carbocycles. The van der Waals surface area contributed by atoms with Crippen LogP contribution in [-0.2, 0) is 6.54 Å². The van der Waals surface area contributed by atoms with Gasteiger partial charge in [0, 0.05) is 11.8 Å². The molecule has 3 aromatic rings. The predicted octanol–water partition coefficient (Wildman–Crippen LogP) is 4.41. The maximum absolute atomic E-state index is 13.1. The number of benzene rings is 2. The third-order valence-corrected chi connectivity index (χ3v) is 4.91. The van der Waals surface area contributed by atoms with E-state index in [-0.39, 0.29) is 16.6 Å². The van der Waals surface area contributed by atoms with Crippen molar-refractivity contribution in [2.45, 2.75) is 30.8 Å². The van der Waals surface area contributed by atoms with Crippen LogP contribution in [0.1, 0.15) is 24.7 Å². The topological polar surface area (TPSA) is 34.9 Å². The number of rotatable bonds is 4. The summed E-state index contributed by atoms with van der Waals surface area (Å²) in [6.07, 6.45) is 0. The largest absolute Gasteiger partial charge is 0.287 e. The fourth-order valence-electron chi connectivity index (χ4n) is 2.48. The van der Waals surface area contributed by atoms with Gasteiger partial charge in [-0.3, -0.25) is 9.36 Å². The normalized spacial score (nSPS) is 12.5. The first-order valence-corrected chi connectivity index (χ1v) is 8.40. The first-order valence-electron chi connectivity index (χ1n) is 7.52. The molecule has 2 aromatic carbocycles. The highest BCUT2D eigenvalue weighted by molar-refractivity contribution is 7.99. The summed E-state index contributed by atoms with van der Waals surface area (Å²) in [5.41, 5.74) is 1.68. The zero-order valence-electron chi connectivity index (χ0n) is 13.0. The van der Waals surface area contributed by atoms with Gasteiger partial charge in [-0.2, -0.15) is 0 Å². The molecular formula is C18H17FN2OS. The molecule has 0 N–H and O–H groups in total. The van der Waals surface area contributed by atoms with Gasteiger partial charge in [0.15, 0.2) is 5.16 Å². The van der Waals surface area contributed by atoms with Crippen molar-refractivity contribution < 1.29 is 4.39 Å². The Bertz CT molecular complexity index is 890. The van der Waals surface area contributed by atoms with Crippen molar-refractivity contribution in [3.05, 3.63) is 70.3 Å². The predicted molar refractivity (Wildman–Crippen MR) is 92.3 cm³/mol. The van der Waals surface area contributed by atoms with Gasteiger partial charge in [0.05, 0.1) is 10.9 Å². The number of fused-ring (bicyclic) bond motifs is 1. The minimum absolute atomic E-state index is 0.0214.